The first-order chi connectivity index (χ1) is 11.8. The Morgan fingerprint density at radius 1 is 0.560 bits per heavy atom. The van der Waals surface area contributed by atoms with Crippen LogP contribution in [0.4, 0.5) is 0 Å². The van der Waals surface area contributed by atoms with Gasteiger partial charge in [-0.1, -0.05) is 24.3 Å². The van der Waals surface area contributed by atoms with Crippen LogP contribution >= 0.6 is 0 Å². The number of phenolic OH excluding ortho intramolecular Hbond substituents is 5. The Balaban J connectivity index is 2.33. The molecule has 128 valence electrons. The molecule has 0 amide bonds. The fourth-order valence-electron chi connectivity index (χ4n) is 3.15. The summed E-state index contributed by atoms with van der Waals surface area (Å²) in [6.45, 7) is 1.80. The SMILES string of the molecule is CC(c1ccc(O)cc1)(c1ccc(O)cc1)c1c(O)cc(O)cc1O. The molecule has 0 aliphatic rings. The van der Waals surface area contributed by atoms with Gasteiger partial charge in [-0.2, -0.15) is 0 Å². The zero-order chi connectivity index (χ0) is 18.2. The van der Waals surface area contributed by atoms with Gasteiger partial charge in [0.2, 0.25) is 0 Å². The first kappa shape index (κ1) is 16.5. The third-order valence-electron chi connectivity index (χ3n) is 4.47. The molecule has 0 aromatic heterocycles. The second-order valence-electron chi connectivity index (χ2n) is 6.08. The quantitative estimate of drug-likeness (QED) is 0.470. The Morgan fingerprint density at radius 3 is 1.28 bits per heavy atom. The van der Waals surface area contributed by atoms with E-state index in [-0.39, 0.29) is 34.3 Å². The highest BCUT2D eigenvalue weighted by molar-refractivity contribution is 5.61. The molecule has 0 saturated heterocycles. The molecule has 3 aromatic carbocycles. The average Bonchev–Trinajstić information content (AvgIpc) is 2.54. The summed E-state index contributed by atoms with van der Waals surface area (Å²) in [4.78, 5) is 0. The van der Waals surface area contributed by atoms with Crippen LogP contribution in [0.3, 0.4) is 0 Å². The second-order valence-corrected chi connectivity index (χ2v) is 6.08. The van der Waals surface area contributed by atoms with Gasteiger partial charge in [-0.05, 0) is 42.3 Å². The summed E-state index contributed by atoms with van der Waals surface area (Å²) in [5.74, 6) is -0.591. The normalized spacial score (nSPS) is 11.4. The van der Waals surface area contributed by atoms with Crippen LogP contribution in [-0.2, 0) is 5.41 Å². The van der Waals surface area contributed by atoms with Crippen molar-refractivity contribution < 1.29 is 25.5 Å². The molecular formula is C20H18O5. The second kappa shape index (κ2) is 5.94. The third kappa shape index (κ3) is 2.80. The lowest BCUT2D eigenvalue weighted by Crippen LogP contribution is -2.25. The number of aromatic hydroxyl groups is 5. The highest BCUT2D eigenvalue weighted by Gasteiger charge is 2.36. The standard InChI is InChI=1S/C20H18O5/c1-20(12-2-6-14(21)7-3-12,13-4-8-15(22)9-5-13)19-17(24)10-16(23)11-18(19)25/h2-11,21-25H,1H3. The minimum Gasteiger partial charge on any atom is -0.508 e. The lowest BCUT2D eigenvalue weighted by molar-refractivity contribution is 0.407. The molecule has 25 heavy (non-hydrogen) atoms. The average molecular weight is 338 g/mol. The van der Waals surface area contributed by atoms with Gasteiger partial charge in [0.1, 0.15) is 28.7 Å². The van der Waals surface area contributed by atoms with Crippen LogP contribution in [0.1, 0.15) is 23.6 Å². The van der Waals surface area contributed by atoms with Crippen LogP contribution in [0.5, 0.6) is 28.7 Å². The van der Waals surface area contributed by atoms with E-state index in [0.29, 0.717) is 11.1 Å². The van der Waals surface area contributed by atoms with Gasteiger partial charge in [0.25, 0.3) is 0 Å². The van der Waals surface area contributed by atoms with Crippen LogP contribution in [0.25, 0.3) is 0 Å². The monoisotopic (exact) mass is 338 g/mol. The Labute approximate surface area is 144 Å². The van der Waals surface area contributed by atoms with Crippen LogP contribution in [0.15, 0.2) is 60.7 Å². The molecule has 0 aliphatic carbocycles. The molecular weight excluding hydrogens is 320 g/mol. The first-order valence-electron chi connectivity index (χ1n) is 7.67. The zero-order valence-electron chi connectivity index (χ0n) is 13.5. The van der Waals surface area contributed by atoms with Crippen molar-refractivity contribution in [2.45, 2.75) is 12.3 Å². The Kier molecular flexibility index (Phi) is 3.93. The molecule has 0 aliphatic heterocycles. The fourth-order valence-corrected chi connectivity index (χ4v) is 3.15. The van der Waals surface area contributed by atoms with Gasteiger partial charge < -0.3 is 25.5 Å². The molecule has 0 atom stereocenters. The molecule has 0 bridgehead atoms. The highest BCUT2D eigenvalue weighted by Crippen LogP contribution is 2.48. The van der Waals surface area contributed by atoms with Crippen LogP contribution in [-0.4, -0.2) is 25.5 Å². The summed E-state index contributed by atoms with van der Waals surface area (Å²) in [6, 6.07) is 15.1. The van der Waals surface area contributed by atoms with Gasteiger partial charge in [0.05, 0.1) is 5.56 Å². The van der Waals surface area contributed by atoms with Crippen molar-refractivity contribution in [2.24, 2.45) is 0 Å². The number of rotatable bonds is 3. The zero-order valence-corrected chi connectivity index (χ0v) is 13.5. The maximum Gasteiger partial charge on any atom is 0.127 e. The van der Waals surface area contributed by atoms with E-state index in [1.807, 2.05) is 0 Å². The Hall–Kier alpha value is -3.34. The van der Waals surface area contributed by atoms with E-state index < -0.39 is 5.41 Å². The van der Waals surface area contributed by atoms with Gasteiger partial charge >= 0.3 is 0 Å². The Morgan fingerprint density at radius 2 is 0.920 bits per heavy atom. The smallest absolute Gasteiger partial charge is 0.127 e. The molecule has 0 heterocycles. The van der Waals surface area contributed by atoms with Crippen LogP contribution in [0.2, 0.25) is 0 Å². The van der Waals surface area contributed by atoms with Crippen LogP contribution < -0.4 is 0 Å². The van der Waals surface area contributed by atoms with Gasteiger partial charge in [-0.25, -0.2) is 0 Å². The number of hydrogen-bond acceptors (Lipinski definition) is 5. The van der Waals surface area contributed by atoms with Crippen molar-refractivity contribution in [3.05, 3.63) is 77.4 Å². The first-order valence-corrected chi connectivity index (χ1v) is 7.67. The minimum absolute atomic E-state index is 0.0935. The van der Waals surface area contributed by atoms with E-state index in [9.17, 15) is 25.5 Å². The topological polar surface area (TPSA) is 101 Å². The largest absolute Gasteiger partial charge is 0.508 e. The summed E-state index contributed by atoms with van der Waals surface area (Å²) in [5, 5.41) is 49.6. The molecule has 3 aromatic rings. The molecule has 3 rings (SSSR count). The molecule has 5 nitrogen and oxygen atoms in total. The van der Waals surface area contributed by atoms with Gasteiger partial charge in [0, 0.05) is 17.5 Å². The van der Waals surface area contributed by atoms with Crippen molar-refractivity contribution in [1.29, 1.82) is 0 Å². The summed E-state index contributed by atoms with van der Waals surface area (Å²) >= 11 is 0. The van der Waals surface area contributed by atoms with Crippen molar-refractivity contribution in [3.8, 4) is 28.7 Å². The summed E-state index contributed by atoms with van der Waals surface area (Å²) < 4.78 is 0. The lowest BCUT2D eigenvalue weighted by atomic mass is 9.70. The van der Waals surface area contributed by atoms with Crippen LogP contribution in [0, 0.1) is 0 Å². The molecule has 0 fully saturated rings. The maximum absolute atomic E-state index is 10.4. The van der Waals surface area contributed by atoms with E-state index in [4.69, 9.17) is 0 Å². The summed E-state index contributed by atoms with van der Waals surface area (Å²) in [6.07, 6.45) is 0. The van der Waals surface area contributed by atoms with E-state index in [1.54, 1.807) is 31.2 Å². The third-order valence-corrected chi connectivity index (χ3v) is 4.47. The summed E-state index contributed by atoms with van der Waals surface area (Å²) in [5.41, 5.74) is 0.615. The van der Waals surface area contributed by atoms with Crippen molar-refractivity contribution in [3.63, 3.8) is 0 Å². The molecule has 0 unspecified atom stereocenters. The number of benzene rings is 3. The maximum atomic E-state index is 10.4. The minimum atomic E-state index is -0.997. The predicted molar refractivity (Wildman–Crippen MR) is 93.2 cm³/mol. The van der Waals surface area contributed by atoms with Gasteiger partial charge in [-0.3, -0.25) is 0 Å². The Bertz CT molecular complexity index is 830. The van der Waals surface area contributed by atoms with E-state index in [0.717, 1.165) is 12.1 Å². The van der Waals surface area contributed by atoms with E-state index in [1.165, 1.54) is 24.3 Å². The highest BCUT2D eigenvalue weighted by atomic mass is 16.3. The lowest BCUT2D eigenvalue weighted by Gasteiger charge is -2.33. The van der Waals surface area contributed by atoms with Crippen molar-refractivity contribution >= 4 is 0 Å². The van der Waals surface area contributed by atoms with Crippen molar-refractivity contribution in [1.82, 2.24) is 0 Å². The molecule has 0 saturated carbocycles. The molecule has 0 radical (unpaired) electrons. The summed E-state index contributed by atoms with van der Waals surface area (Å²) in [7, 11) is 0. The van der Waals surface area contributed by atoms with E-state index in [2.05, 4.69) is 0 Å². The van der Waals surface area contributed by atoms with Crippen molar-refractivity contribution in [2.75, 3.05) is 0 Å². The number of hydrogen-bond donors (Lipinski definition) is 5. The molecule has 5 N–H and O–H groups in total. The van der Waals surface area contributed by atoms with E-state index >= 15 is 0 Å². The van der Waals surface area contributed by atoms with Gasteiger partial charge in [-0.15, -0.1) is 0 Å². The molecule has 0 spiro atoms. The predicted octanol–water partition coefficient (Wildman–Crippen LogP) is 3.57. The fraction of sp³-hybridized carbons (Fsp3) is 0.100. The molecule has 5 heteroatoms. The number of phenols is 5. The van der Waals surface area contributed by atoms with Gasteiger partial charge in [0.15, 0.2) is 0 Å².